The molecule has 1 N–H and O–H groups in total. The van der Waals surface area contributed by atoms with Gasteiger partial charge < -0.3 is 15.0 Å². The van der Waals surface area contributed by atoms with Gasteiger partial charge >= 0.3 is 12.5 Å². The SMILES string of the molecule is CC(COC(F)(F)F)NC(=O)Oc1cn(-c2ccc(F)cc2F)c2nc(N3CC[C@H](F)C3)ccc2c1=O. The molecule has 0 saturated carbocycles. The van der Waals surface area contributed by atoms with E-state index in [-0.39, 0.29) is 29.7 Å². The Bertz CT molecular complexity index is 1380. The number of halogens is 6. The quantitative estimate of drug-likeness (QED) is 0.481. The summed E-state index contributed by atoms with van der Waals surface area (Å²) in [5, 5.41) is 1.98. The molecule has 3 aromatic rings. The zero-order valence-electron chi connectivity index (χ0n) is 19.2. The zero-order chi connectivity index (χ0) is 26.9. The number of pyridine rings is 2. The van der Waals surface area contributed by atoms with Gasteiger partial charge in [0.2, 0.25) is 5.43 Å². The molecule has 198 valence electrons. The van der Waals surface area contributed by atoms with Gasteiger partial charge in [0.25, 0.3) is 0 Å². The Morgan fingerprint density at radius 2 is 2.00 bits per heavy atom. The second-order valence-corrected chi connectivity index (χ2v) is 8.35. The van der Waals surface area contributed by atoms with Crippen LogP contribution >= 0.6 is 0 Å². The van der Waals surface area contributed by atoms with E-state index in [0.29, 0.717) is 18.4 Å². The zero-order valence-corrected chi connectivity index (χ0v) is 19.2. The lowest BCUT2D eigenvalue weighted by Gasteiger charge is -2.19. The second-order valence-electron chi connectivity index (χ2n) is 8.35. The van der Waals surface area contributed by atoms with E-state index in [0.717, 1.165) is 22.9 Å². The number of aromatic nitrogens is 2. The van der Waals surface area contributed by atoms with E-state index in [2.05, 4.69) is 15.0 Å². The molecule has 3 heterocycles. The molecule has 14 heteroatoms. The number of alkyl halides is 4. The molecule has 1 aliphatic rings. The highest BCUT2D eigenvalue weighted by Gasteiger charge is 2.30. The first kappa shape index (κ1) is 26.3. The highest BCUT2D eigenvalue weighted by atomic mass is 19.4. The standard InChI is InChI=1S/C23H20F6N4O4/c1-12(11-36-23(27,28)29)30-22(35)37-18-10-33(17-4-2-13(24)8-16(17)26)21-15(20(18)34)3-5-19(31-21)32-7-6-14(25)9-32/h2-5,8,10,12,14H,6-7,9,11H2,1H3,(H,30,35)/t12?,14-/m0/s1. The minimum Gasteiger partial charge on any atom is -0.405 e. The monoisotopic (exact) mass is 530 g/mol. The van der Waals surface area contributed by atoms with Gasteiger partial charge in [-0.05, 0) is 37.6 Å². The van der Waals surface area contributed by atoms with E-state index in [1.165, 1.54) is 19.1 Å². The fourth-order valence-electron chi connectivity index (χ4n) is 3.80. The summed E-state index contributed by atoms with van der Waals surface area (Å²) in [6, 6.07) is 4.30. The molecule has 1 fully saturated rings. The van der Waals surface area contributed by atoms with Gasteiger partial charge in [-0.15, -0.1) is 13.2 Å². The first-order chi connectivity index (χ1) is 17.4. The molecule has 2 aromatic heterocycles. The Balaban J connectivity index is 1.72. The number of ether oxygens (including phenoxy) is 2. The molecule has 2 atom stereocenters. The molecule has 8 nitrogen and oxygen atoms in total. The summed E-state index contributed by atoms with van der Waals surface area (Å²) in [6.45, 7) is 0.743. The van der Waals surface area contributed by atoms with Crippen molar-refractivity contribution in [1.29, 1.82) is 0 Å². The van der Waals surface area contributed by atoms with Gasteiger partial charge in [0.1, 0.15) is 23.6 Å². The number of rotatable bonds is 6. The fourth-order valence-corrected chi connectivity index (χ4v) is 3.80. The number of fused-ring (bicyclic) bond motifs is 1. The van der Waals surface area contributed by atoms with Crippen LogP contribution in [-0.4, -0.2) is 53.9 Å². The number of benzene rings is 1. The van der Waals surface area contributed by atoms with E-state index in [1.807, 2.05) is 0 Å². The third-order valence-corrected chi connectivity index (χ3v) is 5.49. The van der Waals surface area contributed by atoms with E-state index >= 15 is 0 Å². The molecule has 1 unspecified atom stereocenters. The average molecular weight is 530 g/mol. The lowest BCUT2D eigenvalue weighted by molar-refractivity contribution is -0.325. The van der Waals surface area contributed by atoms with Crippen molar-refractivity contribution < 1.29 is 40.6 Å². The molecular weight excluding hydrogens is 510 g/mol. The number of amides is 1. The maximum Gasteiger partial charge on any atom is 0.522 e. The third kappa shape index (κ3) is 6.13. The van der Waals surface area contributed by atoms with Crippen LogP contribution in [0.5, 0.6) is 5.75 Å². The van der Waals surface area contributed by atoms with Crippen molar-refractivity contribution in [2.24, 2.45) is 0 Å². The highest BCUT2D eigenvalue weighted by Crippen LogP contribution is 2.26. The topological polar surface area (TPSA) is 85.7 Å². The number of carbonyl (C=O) groups is 1. The Morgan fingerprint density at radius 3 is 2.65 bits per heavy atom. The lowest BCUT2D eigenvalue weighted by atomic mass is 10.2. The molecule has 0 aliphatic carbocycles. The third-order valence-electron chi connectivity index (χ3n) is 5.49. The number of nitrogens with zero attached hydrogens (tertiary/aromatic N) is 3. The lowest BCUT2D eigenvalue weighted by Crippen LogP contribution is -2.39. The number of nitrogens with one attached hydrogen (secondary N) is 1. The van der Waals surface area contributed by atoms with Crippen molar-refractivity contribution in [3.8, 4) is 11.4 Å². The summed E-state index contributed by atoms with van der Waals surface area (Å²) in [4.78, 5) is 31.3. The van der Waals surface area contributed by atoms with Crippen molar-refractivity contribution in [2.45, 2.75) is 31.9 Å². The molecule has 1 amide bonds. The molecule has 37 heavy (non-hydrogen) atoms. The molecule has 1 aromatic carbocycles. The van der Waals surface area contributed by atoms with Crippen LogP contribution in [-0.2, 0) is 4.74 Å². The Kier molecular flexibility index (Phi) is 7.30. The normalized spacial score (nSPS) is 16.7. The smallest absolute Gasteiger partial charge is 0.405 e. The maximum atomic E-state index is 14.7. The van der Waals surface area contributed by atoms with Crippen LogP contribution in [0.2, 0.25) is 0 Å². The maximum absolute atomic E-state index is 14.7. The number of carbonyl (C=O) groups excluding carboxylic acids is 1. The summed E-state index contributed by atoms with van der Waals surface area (Å²) in [6.07, 6.45) is -6.00. The Labute approximate surface area is 205 Å². The van der Waals surface area contributed by atoms with Crippen LogP contribution in [0.3, 0.4) is 0 Å². The van der Waals surface area contributed by atoms with Gasteiger partial charge in [-0.2, -0.15) is 0 Å². The van der Waals surface area contributed by atoms with Gasteiger partial charge in [-0.3, -0.25) is 14.1 Å². The van der Waals surface area contributed by atoms with E-state index in [4.69, 9.17) is 4.74 Å². The summed E-state index contributed by atoms with van der Waals surface area (Å²) < 4.78 is 88.4. The second kappa shape index (κ2) is 10.3. The number of hydrogen-bond donors (Lipinski definition) is 1. The predicted octanol–water partition coefficient (Wildman–Crippen LogP) is 4.23. The summed E-state index contributed by atoms with van der Waals surface area (Å²) >= 11 is 0. The fraction of sp³-hybridized carbons (Fsp3) is 0.348. The minimum atomic E-state index is -4.91. The van der Waals surface area contributed by atoms with Crippen LogP contribution in [0, 0.1) is 11.6 Å². The van der Waals surface area contributed by atoms with Crippen LogP contribution in [0.1, 0.15) is 13.3 Å². The van der Waals surface area contributed by atoms with Gasteiger partial charge in [0.05, 0.1) is 36.5 Å². The van der Waals surface area contributed by atoms with Crippen LogP contribution in [0.25, 0.3) is 16.7 Å². The van der Waals surface area contributed by atoms with Crippen molar-refractivity contribution in [1.82, 2.24) is 14.9 Å². The van der Waals surface area contributed by atoms with Crippen molar-refractivity contribution in [3.05, 3.63) is 58.4 Å². The first-order valence-corrected chi connectivity index (χ1v) is 11.0. The van der Waals surface area contributed by atoms with Gasteiger partial charge in [0, 0.05) is 12.6 Å². The highest BCUT2D eigenvalue weighted by molar-refractivity contribution is 5.81. The van der Waals surface area contributed by atoms with Crippen molar-refractivity contribution in [3.63, 3.8) is 0 Å². The van der Waals surface area contributed by atoms with Gasteiger partial charge in [0.15, 0.2) is 11.4 Å². The van der Waals surface area contributed by atoms with Gasteiger partial charge in [-0.25, -0.2) is 22.9 Å². The van der Waals surface area contributed by atoms with Crippen molar-refractivity contribution in [2.75, 3.05) is 24.6 Å². The molecule has 1 aliphatic heterocycles. The van der Waals surface area contributed by atoms with E-state index in [1.54, 1.807) is 4.90 Å². The van der Waals surface area contributed by atoms with Crippen LogP contribution in [0.15, 0.2) is 41.3 Å². The minimum absolute atomic E-state index is 0.0741. The first-order valence-electron chi connectivity index (χ1n) is 11.0. The largest absolute Gasteiger partial charge is 0.522 e. The Hall–Kier alpha value is -3.81. The average Bonchev–Trinajstić information content (AvgIpc) is 3.25. The number of anilines is 1. The molecule has 1 saturated heterocycles. The molecule has 0 spiro atoms. The summed E-state index contributed by atoms with van der Waals surface area (Å²) in [5.74, 6) is -2.17. The number of hydrogen-bond acceptors (Lipinski definition) is 6. The summed E-state index contributed by atoms with van der Waals surface area (Å²) in [7, 11) is 0. The molecule has 4 rings (SSSR count). The summed E-state index contributed by atoms with van der Waals surface area (Å²) in [5.41, 5.74) is -1.14. The van der Waals surface area contributed by atoms with Crippen LogP contribution < -0.4 is 20.4 Å². The van der Waals surface area contributed by atoms with E-state index < -0.39 is 54.1 Å². The van der Waals surface area contributed by atoms with Crippen LogP contribution in [0.4, 0.5) is 37.0 Å². The van der Waals surface area contributed by atoms with E-state index in [9.17, 15) is 35.9 Å². The molecule has 0 bridgehead atoms. The molecule has 0 radical (unpaired) electrons. The van der Waals surface area contributed by atoms with Gasteiger partial charge in [-0.1, -0.05) is 0 Å². The van der Waals surface area contributed by atoms with Crippen molar-refractivity contribution >= 4 is 22.9 Å². The predicted molar refractivity (Wildman–Crippen MR) is 120 cm³/mol. The molecular formula is C23H20F6N4O4. The Morgan fingerprint density at radius 1 is 1.24 bits per heavy atom.